The highest BCUT2D eigenvalue weighted by Crippen LogP contribution is 2.12. The molecule has 2 aliphatic rings. The van der Waals surface area contributed by atoms with Gasteiger partial charge in [-0.2, -0.15) is 0 Å². The molecule has 0 bridgehead atoms. The number of hydrogen-bond donors (Lipinski definition) is 2. The summed E-state index contributed by atoms with van der Waals surface area (Å²) in [6, 6.07) is 0. The van der Waals surface area contributed by atoms with E-state index < -0.39 is 0 Å². The largest absolute Gasteiger partial charge is 0.396 e. The van der Waals surface area contributed by atoms with Gasteiger partial charge in [-0.05, 0) is 19.3 Å². The Bertz CT molecular complexity index is 217. The molecular formula is C16H32O5. The summed E-state index contributed by atoms with van der Waals surface area (Å²) >= 11 is 0. The monoisotopic (exact) mass is 304 g/mol. The third-order valence-electron chi connectivity index (χ3n) is 3.50. The average molecular weight is 304 g/mol. The van der Waals surface area contributed by atoms with E-state index in [0.717, 1.165) is 52.1 Å². The minimum absolute atomic E-state index is 0.186. The van der Waals surface area contributed by atoms with Crippen molar-refractivity contribution in [2.75, 3.05) is 33.0 Å². The number of aliphatic hydroxyl groups is 2. The van der Waals surface area contributed by atoms with Crippen LogP contribution in [-0.2, 0) is 14.2 Å². The van der Waals surface area contributed by atoms with E-state index in [1.165, 1.54) is 19.3 Å². The molecule has 0 saturated carbocycles. The van der Waals surface area contributed by atoms with Crippen LogP contribution in [0.25, 0.3) is 0 Å². The summed E-state index contributed by atoms with van der Waals surface area (Å²) < 4.78 is 15.1. The molecule has 5 heteroatoms. The molecule has 2 N–H and O–H groups in total. The quantitative estimate of drug-likeness (QED) is 0.425. The van der Waals surface area contributed by atoms with Gasteiger partial charge in [-0.1, -0.05) is 32.6 Å². The Morgan fingerprint density at radius 1 is 1.00 bits per heavy atom. The number of unbranched alkanes of at least 4 members (excludes halogenated alkanes) is 3. The number of rotatable bonds is 12. The Balaban J connectivity index is 0.000000216. The molecule has 0 amide bonds. The van der Waals surface area contributed by atoms with E-state index in [1.807, 2.05) is 0 Å². The second kappa shape index (κ2) is 12.4. The van der Waals surface area contributed by atoms with Crippen molar-refractivity contribution >= 4 is 0 Å². The zero-order valence-corrected chi connectivity index (χ0v) is 13.3. The van der Waals surface area contributed by atoms with E-state index in [9.17, 15) is 5.11 Å². The molecule has 0 aliphatic carbocycles. The van der Waals surface area contributed by atoms with Gasteiger partial charge in [-0.25, -0.2) is 0 Å². The number of epoxide rings is 2. The SMILES string of the molecule is C(OCC1CO1)C1CO1.CCCCCCC(O)CCCO. The van der Waals surface area contributed by atoms with E-state index in [4.69, 9.17) is 19.3 Å². The minimum atomic E-state index is -0.186. The molecule has 126 valence electrons. The van der Waals surface area contributed by atoms with E-state index >= 15 is 0 Å². The van der Waals surface area contributed by atoms with Gasteiger partial charge in [0.05, 0.1) is 32.5 Å². The lowest BCUT2D eigenvalue weighted by Gasteiger charge is -2.08. The van der Waals surface area contributed by atoms with E-state index in [1.54, 1.807) is 0 Å². The Morgan fingerprint density at radius 3 is 2.05 bits per heavy atom. The van der Waals surface area contributed by atoms with Crippen molar-refractivity contribution < 1.29 is 24.4 Å². The summed E-state index contributed by atoms with van der Waals surface area (Å²) in [7, 11) is 0. The third-order valence-corrected chi connectivity index (χ3v) is 3.50. The van der Waals surface area contributed by atoms with Crippen LogP contribution in [0.4, 0.5) is 0 Å². The van der Waals surface area contributed by atoms with E-state index in [2.05, 4.69) is 6.92 Å². The fourth-order valence-corrected chi connectivity index (χ4v) is 1.94. The molecule has 21 heavy (non-hydrogen) atoms. The second-order valence-corrected chi connectivity index (χ2v) is 5.82. The van der Waals surface area contributed by atoms with Gasteiger partial charge >= 0.3 is 0 Å². The summed E-state index contributed by atoms with van der Waals surface area (Å²) in [6.07, 6.45) is 7.85. The lowest BCUT2D eigenvalue weighted by Crippen LogP contribution is -2.06. The van der Waals surface area contributed by atoms with Crippen LogP contribution >= 0.6 is 0 Å². The van der Waals surface area contributed by atoms with Crippen LogP contribution in [0, 0.1) is 0 Å². The van der Waals surface area contributed by atoms with Gasteiger partial charge in [0.2, 0.25) is 0 Å². The predicted octanol–water partition coefficient (Wildman–Crippen LogP) is 1.89. The highest BCUT2D eigenvalue weighted by atomic mass is 16.6. The molecule has 2 aliphatic heterocycles. The highest BCUT2D eigenvalue weighted by molar-refractivity contribution is 4.71. The average Bonchev–Trinajstić information content (AvgIpc) is 3.36. The Labute approximate surface area is 128 Å². The van der Waals surface area contributed by atoms with Crippen molar-refractivity contribution in [3.63, 3.8) is 0 Å². The van der Waals surface area contributed by atoms with E-state index in [-0.39, 0.29) is 12.7 Å². The Morgan fingerprint density at radius 2 is 1.57 bits per heavy atom. The summed E-state index contributed by atoms with van der Waals surface area (Å²) in [5.74, 6) is 0. The van der Waals surface area contributed by atoms with Gasteiger partial charge in [-0.15, -0.1) is 0 Å². The van der Waals surface area contributed by atoms with Gasteiger partial charge < -0.3 is 24.4 Å². The number of ether oxygens (including phenoxy) is 3. The van der Waals surface area contributed by atoms with Crippen molar-refractivity contribution in [3.8, 4) is 0 Å². The molecule has 0 spiro atoms. The first-order valence-electron chi connectivity index (χ1n) is 8.36. The molecule has 2 fully saturated rings. The second-order valence-electron chi connectivity index (χ2n) is 5.82. The molecule has 0 aromatic heterocycles. The predicted molar refractivity (Wildman–Crippen MR) is 81.4 cm³/mol. The number of hydrogen-bond acceptors (Lipinski definition) is 5. The van der Waals surface area contributed by atoms with Crippen LogP contribution in [0.2, 0.25) is 0 Å². The van der Waals surface area contributed by atoms with Crippen LogP contribution in [-0.4, -0.2) is 61.6 Å². The van der Waals surface area contributed by atoms with Crippen molar-refractivity contribution in [1.82, 2.24) is 0 Å². The molecule has 5 nitrogen and oxygen atoms in total. The van der Waals surface area contributed by atoms with Gasteiger partial charge in [-0.3, -0.25) is 0 Å². The molecule has 2 rings (SSSR count). The first-order valence-corrected chi connectivity index (χ1v) is 8.36. The maximum absolute atomic E-state index is 9.37. The molecule has 3 atom stereocenters. The topological polar surface area (TPSA) is 74.8 Å². The molecule has 2 saturated heterocycles. The lowest BCUT2D eigenvalue weighted by molar-refractivity contribution is 0.102. The van der Waals surface area contributed by atoms with Crippen molar-refractivity contribution in [3.05, 3.63) is 0 Å². The van der Waals surface area contributed by atoms with Crippen LogP contribution in [0.15, 0.2) is 0 Å². The molecular weight excluding hydrogens is 272 g/mol. The fraction of sp³-hybridized carbons (Fsp3) is 1.00. The van der Waals surface area contributed by atoms with Gasteiger partial charge in [0.25, 0.3) is 0 Å². The molecule has 2 heterocycles. The van der Waals surface area contributed by atoms with Gasteiger partial charge in [0.15, 0.2) is 0 Å². The summed E-state index contributed by atoms with van der Waals surface area (Å²) in [4.78, 5) is 0. The Hall–Kier alpha value is -0.200. The summed E-state index contributed by atoms with van der Waals surface area (Å²) in [5, 5.41) is 17.9. The molecule has 3 unspecified atom stereocenters. The van der Waals surface area contributed by atoms with Crippen molar-refractivity contribution in [2.45, 2.75) is 70.2 Å². The maximum Gasteiger partial charge on any atom is 0.104 e. The first-order chi connectivity index (χ1) is 10.3. The standard InChI is InChI=1S/C10H22O2.C6H10O3/c1-2-3-4-5-7-10(12)8-6-9-11;1(5-3-8-5)7-2-6-4-9-6/h10-12H,2-9H2,1H3;5-6H,1-4H2. The van der Waals surface area contributed by atoms with Crippen molar-refractivity contribution in [1.29, 1.82) is 0 Å². The normalized spacial score (nSPS) is 24.1. The number of aliphatic hydroxyl groups excluding tert-OH is 2. The first kappa shape index (κ1) is 18.8. The Kier molecular flexibility index (Phi) is 11.1. The van der Waals surface area contributed by atoms with Crippen LogP contribution in [0.1, 0.15) is 51.9 Å². The summed E-state index contributed by atoms with van der Waals surface area (Å²) in [5.41, 5.74) is 0. The highest BCUT2D eigenvalue weighted by Gasteiger charge is 2.26. The molecule has 0 radical (unpaired) electrons. The van der Waals surface area contributed by atoms with Gasteiger partial charge in [0, 0.05) is 6.61 Å². The molecule has 0 aromatic carbocycles. The van der Waals surface area contributed by atoms with Crippen LogP contribution < -0.4 is 0 Å². The van der Waals surface area contributed by atoms with Crippen molar-refractivity contribution in [2.24, 2.45) is 0 Å². The van der Waals surface area contributed by atoms with Gasteiger partial charge in [0.1, 0.15) is 12.2 Å². The third kappa shape index (κ3) is 13.2. The zero-order chi connectivity index (χ0) is 15.3. The van der Waals surface area contributed by atoms with E-state index in [0.29, 0.717) is 12.2 Å². The summed E-state index contributed by atoms with van der Waals surface area (Å²) in [6.45, 7) is 5.64. The fourth-order valence-electron chi connectivity index (χ4n) is 1.94. The molecule has 0 aromatic rings. The smallest absolute Gasteiger partial charge is 0.104 e. The lowest BCUT2D eigenvalue weighted by atomic mass is 10.1. The maximum atomic E-state index is 9.37. The zero-order valence-electron chi connectivity index (χ0n) is 13.3. The van der Waals surface area contributed by atoms with Crippen LogP contribution in [0.5, 0.6) is 0 Å². The minimum Gasteiger partial charge on any atom is -0.396 e. The van der Waals surface area contributed by atoms with Crippen LogP contribution in [0.3, 0.4) is 0 Å².